The average molecular weight is 251 g/mol. The Morgan fingerprint density at radius 2 is 2.28 bits per heavy atom. The molecule has 0 bridgehead atoms. The minimum absolute atomic E-state index is 0.716. The third-order valence-corrected chi connectivity index (χ3v) is 3.24. The maximum atomic E-state index is 5.63. The number of aromatic nitrogens is 2. The van der Waals surface area contributed by atoms with Gasteiger partial charge in [-0.15, -0.1) is 0 Å². The summed E-state index contributed by atoms with van der Waals surface area (Å²) in [5.74, 6) is 0.716. The van der Waals surface area contributed by atoms with Crippen LogP contribution >= 0.6 is 0 Å². The quantitative estimate of drug-likeness (QED) is 0.684. The van der Waals surface area contributed by atoms with E-state index in [1.165, 1.54) is 18.5 Å². The molecule has 0 spiro atoms. The molecule has 4 heteroatoms. The first-order valence-electron chi connectivity index (χ1n) is 7.07. The Labute approximate surface area is 110 Å². The molecular formula is C14H25N3O. The maximum Gasteiger partial charge on any atom is 0.0662 e. The Bertz CT molecular complexity index is 345. The fourth-order valence-corrected chi connectivity index (χ4v) is 1.82. The van der Waals surface area contributed by atoms with E-state index in [1.54, 1.807) is 0 Å². The first-order valence-corrected chi connectivity index (χ1v) is 7.07. The summed E-state index contributed by atoms with van der Waals surface area (Å²) in [5.41, 5.74) is 1.26. The predicted molar refractivity (Wildman–Crippen MR) is 72.4 cm³/mol. The van der Waals surface area contributed by atoms with Gasteiger partial charge >= 0.3 is 0 Å². The van der Waals surface area contributed by atoms with Crippen LogP contribution in [-0.2, 0) is 17.8 Å². The van der Waals surface area contributed by atoms with Gasteiger partial charge in [-0.1, -0.05) is 13.8 Å². The molecule has 1 saturated carbocycles. The third kappa shape index (κ3) is 4.78. The van der Waals surface area contributed by atoms with Crippen LogP contribution in [0.4, 0.5) is 0 Å². The van der Waals surface area contributed by atoms with Gasteiger partial charge in [-0.25, -0.2) is 0 Å². The third-order valence-electron chi connectivity index (χ3n) is 3.24. The first kappa shape index (κ1) is 13.6. The highest BCUT2D eigenvalue weighted by Gasteiger charge is 2.20. The van der Waals surface area contributed by atoms with Gasteiger partial charge in [0.05, 0.1) is 18.8 Å². The highest BCUT2D eigenvalue weighted by molar-refractivity contribution is 5.01. The average Bonchev–Trinajstić information content (AvgIpc) is 3.06. The molecule has 2 rings (SSSR count). The minimum Gasteiger partial charge on any atom is -0.380 e. The largest absolute Gasteiger partial charge is 0.380 e. The van der Waals surface area contributed by atoms with E-state index in [0.29, 0.717) is 5.92 Å². The van der Waals surface area contributed by atoms with Gasteiger partial charge in [0.15, 0.2) is 0 Å². The molecule has 1 aromatic heterocycles. The van der Waals surface area contributed by atoms with Crippen LogP contribution in [0.3, 0.4) is 0 Å². The van der Waals surface area contributed by atoms with Crippen LogP contribution in [-0.4, -0.2) is 29.0 Å². The molecule has 0 unspecified atom stereocenters. The Morgan fingerprint density at radius 3 is 3.00 bits per heavy atom. The van der Waals surface area contributed by atoms with E-state index >= 15 is 0 Å². The Balaban J connectivity index is 1.63. The summed E-state index contributed by atoms with van der Waals surface area (Å²) < 4.78 is 7.68. The van der Waals surface area contributed by atoms with Gasteiger partial charge in [-0.05, 0) is 31.2 Å². The van der Waals surface area contributed by atoms with E-state index in [0.717, 1.165) is 38.8 Å². The molecule has 0 aromatic carbocycles. The van der Waals surface area contributed by atoms with E-state index in [-0.39, 0.29) is 0 Å². The molecule has 0 saturated heterocycles. The molecule has 1 heterocycles. The van der Waals surface area contributed by atoms with Gasteiger partial charge in [-0.2, -0.15) is 5.10 Å². The lowest BCUT2D eigenvalue weighted by Crippen LogP contribution is -2.19. The van der Waals surface area contributed by atoms with Crippen molar-refractivity contribution in [1.29, 1.82) is 0 Å². The first-order chi connectivity index (χ1) is 8.75. The van der Waals surface area contributed by atoms with E-state index in [1.807, 2.05) is 10.9 Å². The topological polar surface area (TPSA) is 39.1 Å². The van der Waals surface area contributed by atoms with Crippen molar-refractivity contribution in [1.82, 2.24) is 15.1 Å². The molecule has 0 aliphatic heterocycles. The Morgan fingerprint density at radius 1 is 1.44 bits per heavy atom. The van der Waals surface area contributed by atoms with Crippen molar-refractivity contribution in [3.63, 3.8) is 0 Å². The van der Waals surface area contributed by atoms with Crippen molar-refractivity contribution in [2.24, 2.45) is 5.92 Å². The lowest BCUT2D eigenvalue weighted by Gasteiger charge is -2.09. The van der Waals surface area contributed by atoms with Crippen molar-refractivity contribution in [3.05, 3.63) is 18.0 Å². The van der Waals surface area contributed by atoms with Crippen molar-refractivity contribution in [2.75, 3.05) is 13.2 Å². The van der Waals surface area contributed by atoms with Crippen LogP contribution in [0.2, 0.25) is 0 Å². The summed E-state index contributed by atoms with van der Waals surface area (Å²) in [6.07, 6.45) is 5.66. The van der Waals surface area contributed by atoms with Crippen LogP contribution in [0.5, 0.6) is 0 Å². The SMILES string of the molecule is CC(C)CCOCCn1nccc1CNC1CC1. The van der Waals surface area contributed by atoms with Gasteiger partial charge in [0.2, 0.25) is 0 Å². The maximum absolute atomic E-state index is 5.63. The van der Waals surface area contributed by atoms with Gasteiger partial charge in [0, 0.05) is 25.4 Å². The number of nitrogens with zero attached hydrogens (tertiary/aromatic N) is 2. The zero-order valence-corrected chi connectivity index (χ0v) is 11.6. The lowest BCUT2D eigenvalue weighted by atomic mass is 10.1. The normalized spacial score (nSPS) is 15.5. The zero-order chi connectivity index (χ0) is 12.8. The highest BCUT2D eigenvalue weighted by Crippen LogP contribution is 2.19. The summed E-state index contributed by atoms with van der Waals surface area (Å²) in [5, 5.41) is 7.86. The summed E-state index contributed by atoms with van der Waals surface area (Å²) in [4.78, 5) is 0. The standard InChI is InChI=1S/C14H25N3O/c1-12(2)6-9-18-10-8-17-14(5-7-16-17)11-15-13-3-4-13/h5,7,12-13,15H,3-4,6,8-11H2,1-2H3. The molecule has 0 radical (unpaired) electrons. The number of hydrogen-bond donors (Lipinski definition) is 1. The minimum atomic E-state index is 0.716. The highest BCUT2D eigenvalue weighted by atomic mass is 16.5. The number of nitrogens with one attached hydrogen (secondary N) is 1. The molecule has 102 valence electrons. The van der Waals surface area contributed by atoms with E-state index in [2.05, 4.69) is 30.3 Å². The molecule has 4 nitrogen and oxygen atoms in total. The molecule has 1 N–H and O–H groups in total. The van der Waals surface area contributed by atoms with Crippen molar-refractivity contribution in [3.8, 4) is 0 Å². The van der Waals surface area contributed by atoms with E-state index < -0.39 is 0 Å². The molecule has 1 fully saturated rings. The van der Waals surface area contributed by atoms with Gasteiger partial charge in [0.1, 0.15) is 0 Å². The van der Waals surface area contributed by atoms with Crippen LogP contribution in [0, 0.1) is 5.92 Å². The second kappa shape index (κ2) is 6.90. The summed E-state index contributed by atoms with van der Waals surface area (Å²) in [7, 11) is 0. The van der Waals surface area contributed by atoms with Crippen molar-refractivity contribution < 1.29 is 4.74 Å². The van der Waals surface area contributed by atoms with Gasteiger partial charge in [-0.3, -0.25) is 4.68 Å². The smallest absolute Gasteiger partial charge is 0.0662 e. The lowest BCUT2D eigenvalue weighted by molar-refractivity contribution is 0.113. The van der Waals surface area contributed by atoms with Crippen LogP contribution in [0.25, 0.3) is 0 Å². The molecule has 1 aliphatic rings. The molecule has 18 heavy (non-hydrogen) atoms. The van der Waals surface area contributed by atoms with Crippen LogP contribution in [0.1, 0.15) is 38.8 Å². The molecule has 1 aromatic rings. The number of rotatable bonds is 9. The monoisotopic (exact) mass is 251 g/mol. The predicted octanol–water partition coefficient (Wildman–Crippen LogP) is 2.20. The summed E-state index contributed by atoms with van der Waals surface area (Å²) in [6, 6.07) is 2.83. The second-order valence-electron chi connectivity index (χ2n) is 5.50. The molecule has 0 amide bonds. The van der Waals surface area contributed by atoms with Crippen molar-refractivity contribution >= 4 is 0 Å². The van der Waals surface area contributed by atoms with Gasteiger partial charge in [0.25, 0.3) is 0 Å². The van der Waals surface area contributed by atoms with E-state index in [9.17, 15) is 0 Å². The number of hydrogen-bond acceptors (Lipinski definition) is 3. The summed E-state index contributed by atoms with van der Waals surface area (Å²) >= 11 is 0. The van der Waals surface area contributed by atoms with Gasteiger partial charge < -0.3 is 10.1 Å². The molecule has 0 atom stereocenters. The van der Waals surface area contributed by atoms with Crippen LogP contribution < -0.4 is 5.32 Å². The Hall–Kier alpha value is -0.870. The zero-order valence-electron chi connectivity index (χ0n) is 11.6. The van der Waals surface area contributed by atoms with Crippen molar-refractivity contribution in [2.45, 2.75) is 52.2 Å². The number of ether oxygens (including phenoxy) is 1. The second-order valence-corrected chi connectivity index (χ2v) is 5.50. The Kier molecular flexibility index (Phi) is 5.20. The molecular weight excluding hydrogens is 226 g/mol. The van der Waals surface area contributed by atoms with Crippen LogP contribution in [0.15, 0.2) is 12.3 Å². The van der Waals surface area contributed by atoms with E-state index in [4.69, 9.17) is 4.74 Å². The fourth-order valence-electron chi connectivity index (χ4n) is 1.82. The molecule has 1 aliphatic carbocycles. The summed E-state index contributed by atoms with van der Waals surface area (Å²) in [6.45, 7) is 7.83. The fraction of sp³-hybridized carbons (Fsp3) is 0.786.